The SMILES string of the molecule is C[SiH]1C[Si]2(C)C[SiH](C)C[Si](C)(C1)C2. The van der Waals surface area contributed by atoms with Crippen LogP contribution in [0.3, 0.4) is 0 Å². The molecule has 0 amide bonds. The van der Waals surface area contributed by atoms with Crippen LogP contribution < -0.4 is 0 Å². The first-order valence-corrected chi connectivity index (χ1v) is 17.7. The van der Waals surface area contributed by atoms with Gasteiger partial charge in [0.15, 0.2) is 0 Å². The molecule has 13 heavy (non-hydrogen) atoms. The number of hydrogen-bond acceptors (Lipinski definition) is 0. The van der Waals surface area contributed by atoms with Gasteiger partial charge in [0, 0.05) is 33.7 Å². The molecule has 2 aliphatic rings. The van der Waals surface area contributed by atoms with Crippen LogP contribution in [-0.2, 0) is 0 Å². The van der Waals surface area contributed by atoms with E-state index in [1.54, 1.807) is 0 Å². The van der Waals surface area contributed by atoms with Crippen LogP contribution in [0.5, 0.6) is 0 Å². The van der Waals surface area contributed by atoms with E-state index >= 15 is 0 Å². The second-order valence-corrected chi connectivity index (χ2v) is 26.4. The van der Waals surface area contributed by atoms with Gasteiger partial charge in [-0.05, 0) is 0 Å². The van der Waals surface area contributed by atoms with Crippen molar-refractivity contribution in [3.05, 3.63) is 0 Å². The second-order valence-electron chi connectivity index (χ2n) is 6.82. The lowest BCUT2D eigenvalue weighted by molar-refractivity contribution is 1.30. The average molecular weight is 245 g/mol. The van der Waals surface area contributed by atoms with E-state index in [0.29, 0.717) is 0 Å². The van der Waals surface area contributed by atoms with Crippen molar-refractivity contribution in [3.8, 4) is 0 Å². The Labute approximate surface area is 88.4 Å². The molecule has 2 rings (SSSR count). The fourth-order valence-electron chi connectivity index (χ4n) is 5.00. The molecule has 76 valence electrons. The van der Waals surface area contributed by atoms with Crippen LogP contribution in [0.15, 0.2) is 0 Å². The van der Waals surface area contributed by atoms with Gasteiger partial charge in [-0.2, -0.15) is 0 Å². The molecular weight excluding hydrogens is 220 g/mol. The average Bonchev–Trinajstić information content (AvgIpc) is 1.75. The van der Waals surface area contributed by atoms with E-state index < -0.39 is 16.1 Å². The van der Waals surface area contributed by atoms with Crippen molar-refractivity contribution in [1.29, 1.82) is 0 Å². The van der Waals surface area contributed by atoms with Crippen molar-refractivity contribution >= 4 is 33.7 Å². The quantitative estimate of drug-likeness (QED) is 0.575. The highest BCUT2D eigenvalue weighted by Gasteiger charge is 2.49. The largest absolute Gasteiger partial charge is 0.0724 e. The smallest absolute Gasteiger partial charge is 0.0420 e. The molecule has 0 spiro atoms. The molecule has 0 nitrogen and oxygen atoms in total. The van der Waals surface area contributed by atoms with Gasteiger partial charge in [0.1, 0.15) is 0 Å². The minimum absolute atomic E-state index is 0.193. The third-order valence-electron chi connectivity index (χ3n) is 4.22. The van der Waals surface area contributed by atoms with E-state index in [2.05, 4.69) is 26.2 Å². The van der Waals surface area contributed by atoms with Gasteiger partial charge in [-0.3, -0.25) is 0 Å². The number of rotatable bonds is 0. The zero-order chi connectivity index (χ0) is 9.69. The van der Waals surface area contributed by atoms with Gasteiger partial charge in [0.25, 0.3) is 0 Å². The molecule has 2 aliphatic heterocycles. The highest BCUT2D eigenvalue weighted by Crippen LogP contribution is 2.44. The summed E-state index contributed by atoms with van der Waals surface area (Å²) in [5, 5.41) is 0. The summed E-state index contributed by atoms with van der Waals surface area (Å²) in [6, 6.07) is 0. The van der Waals surface area contributed by atoms with Crippen LogP contribution in [0.2, 0.25) is 54.5 Å². The number of hydrogen-bond donors (Lipinski definition) is 0. The summed E-state index contributed by atoms with van der Waals surface area (Å²) in [6.45, 7) is 10.9. The standard InChI is InChI=1S/C9H24Si4/c1-10-5-12(3)7-11(2)8-13(4,6-10)9-12/h10-11H,5-9H2,1-4H3. The molecule has 0 unspecified atom stereocenters. The van der Waals surface area contributed by atoms with Crippen LogP contribution in [0.1, 0.15) is 0 Å². The van der Waals surface area contributed by atoms with Crippen molar-refractivity contribution in [2.24, 2.45) is 0 Å². The van der Waals surface area contributed by atoms with Crippen molar-refractivity contribution in [2.75, 3.05) is 0 Å². The third kappa shape index (κ3) is 2.11. The first-order valence-electron chi connectivity index (χ1n) is 5.91. The molecule has 0 radical (unpaired) electrons. The Balaban J connectivity index is 2.22. The Bertz CT molecular complexity index is 182. The molecule has 4 heteroatoms. The second kappa shape index (κ2) is 3.18. The third-order valence-corrected chi connectivity index (χ3v) is 38.0. The topological polar surface area (TPSA) is 0 Å². The maximum atomic E-state index is 2.77. The van der Waals surface area contributed by atoms with E-state index in [-0.39, 0.29) is 17.6 Å². The summed E-state index contributed by atoms with van der Waals surface area (Å²) in [4.78, 5) is 0. The van der Waals surface area contributed by atoms with Crippen molar-refractivity contribution < 1.29 is 0 Å². The molecule has 0 saturated carbocycles. The molecule has 2 saturated heterocycles. The fourth-order valence-corrected chi connectivity index (χ4v) is 55.7. The van der Waals surface area contributed by atoms with Crippen LogP contribution in [0, 0.1) is 0 Å². The molecule has 0 aromatic rings. The first kappa shape index (κ1) is 10.4. The monoisotopic (exact) mass is 244 g/mol. The first-order chi connectivity index (χ1) is 5.91. The zero-order valence-corrected chi connectivity index (χ0v) is 14.0. The molecule has 0 aromatic heterocycles. The maximum absolute atomic E-state index is 2.77. The molecule has 0 atom stereocenters. The maximum Gasteiger partial charge on any atom is 0.0420 e. The van der Waals surface area contributed by atoms with Gasteiger partial charge in [0.05, 0.1) is 0 Å². The summed E-state index contributed by atoms with van der Waals surface area (Å²) >= 11 is 0. The Morgan fingerprint density at radius 1 is 0.769 bits per heavy atom. The zero-order valence-electron chi connectivity index (χ0n) is 9.69. The van der Waals surface area contributed by atoms with Gasteiger partial charge in [-0.25, -0.2) is 0 Å². The van der Waals surface area contributed by atoms with Crippen LogP contribution in [0.25, 0.3) is 0 Å². The molecule has 2 heterocycles. The predicted molar refractivity (Wildman–Crippen MR) is 73.3 cm³/mol. The summed E-state index contributed by atoms with van der Waals surface area (Å²) < 4.78 is 0. The van der Waals surface area contributed by atoms with Crippen molar-refractivity contribution in [3.63, 3.8) is 0 Å². The van der Waals surface area contributed by atoms with Gasteiger partial charge in [0.2, 0.25) is 0 Å². The minimum atomic E-state index is -0.600. The summed E-state index contributed by atoms with van der Waals surface area (Å²) in [6.07, 6.45) is 0. The summed E-state index contributed by atoms with van der Waals surface area (Å²) in [7, 11) is -1.59. The van der Waals surface area contributed by atoms with Gasteiger partial charge in [-0.15, -0.1) is 0 Å². The molecule has 0 aromatic carbocycles. The van der Waals surface area contributed by atoms with Crippen molar-refractivity contribution in [1.82, 2.24) is 0 Å². The molecule has 0 N–H and O–H groups in total. The van der Waals surface area contributed by atoms with Gasteiger partial charge < -0.3 is 0 Å². The van der Waals surface area contributed by atoms with E-state index in [4.69, 9.17) is 0 Å². The number of fused-ring (bicyclic) bond motifs is 2. The molecule has 2 bridgehead atoms. The Hall–Kier alpha value is 0.868. The Morgan fingerprint density at radius 3 is 1.38 bits per heavy atom. The fraction of sp³-hybridized carbons (Fsp3) is 1.00. The summed E-state index contributed by atoms with van der Waals surface area (Å²) in [5.41, 5.74) is 9.15. The lowest BCUT2D eigenvalue weighted by atomic mass is 11.6. The Morgan fingerprint density at radius 2 is 1.08 bits per heavy atom. The normalized spacial score (nSPS) is 56.3. The van der Waals surface area contributed by atoms with Gasteiger partial charge in [-0.1, -0.05) is 54.5 Å². The Kier molecular flexibility index (Phi) is 2.54. The van der Waals surface area contributed by atoms with Gasteiger partial charge >= 0.3 is 0 Å². The lowest BCUT2D eigenvalue weighted by Gasteiger charge is -2.51. The molecule has 0 aliphatic carbocycles. The molecule has 2 fully saturated rings. The van der Waals surface area contributed by atoms with E-state index in [1.807, 2.05) is 28.3 Å². The predicted octanol–water partition coefficient (Wildman–Crippen LogP) is 2.58. The van der Waals surface area contributed by atoms with Crippen LogP contribution in [0.4, 0.5) is 0 Å². The highest BCUT2D eigenvalue weighted by atomic mass is 28.5. The van der Waals surface area contributed by atoms with Crippen LogP contribution in [-0.4, -0.2) is 33.7 Å². The van der Waals surface area contributed by atoms with E-state index in [1.165, 1.54) is 0 Å². The van der Waals surface area contributed by atoms with E-state index in [9.17, 15) is 0 Å². The molecular formula is C9H24Si4. The highest BCUT2D eigenvalue weighted by molar-refractivity contribution is 7.16. The van der Waals surface area contributed by atoms with Crippen LogP contribution >= 0.6 is 0 Å². The minimum Gasteiger partial charge on any atom is -0.0724 e. The summed E-state index contributed by atoms with van der Waals surface area (Å²) in [5.74, 6) is 0. The van der Waals surface area contributed by atoms with Crippen molar-refractivity contribution in [2.45, 2.75) is 54.5 Å². The van der Waals surface area contributed by atoms with E-state index in [0.717, 1.165) is 0 Å². The lowest BCUT2D eigenvalue weighted by Crippen LogP contribution is -2.60.